The van der Waals surface area contributed by atoms with Crippen molar-refractivity contribution in [3.8, 4) is 5.75 Å². The molecule has 0 saturated heterocycles. The van der Waals surface area contributed by atoms with Crippen LogP contribution in [0.15, 0.2) is 18.2 Å². The predicted molar refractivity (Wildman–Crippen MR) is 75.0 cm³/mol. The van der Waals surface area contributed by atoms with E-state index in [1.807, 2.05) is 12.1 Å². The fourth-order valence-corrected chi connectivity index (χ4v) is 2.50. The molecule has 106 valence electrons. The van der Waals surface area contributed by atoms with E-state index in [-0.39, 0.29) is 11.7 Å². The number of hydrogen-bond acceptors (Lipinski definition) is 3. The van der Waals surface area contributed by atoms with E-state index < -0.39 is 6.10 Å². The highest BCUT2D eigenvalue weighted by Crippen LogP contribution is 2.26. The molecule has 1 atom stereocenters. The summed E-state index contributed by atoms with van der Waals surface area (Å²) in [7, 11) is 0. The third-order valence-corrected chi connectivity index (χ3v) is 3.83. The molecule has 0 heterocycles. The van der Waals surface area contributed by atoms with Gasteiger partial charge in [-0.15, -0.1) is 0 Å². The number of nitrogens with one attached hydrogen (secondary N) is 1. The average molecular weight is 273 g/mol. The average Bonchev–Trinajstić information content (AvgIpc) is 3.22. The molecule has 1 N–H and O–H groups in total. The number of ether oxygens (including phenoxy) is 1. The third kappa shape index (κ3) is 2.84. The molecule has 4 heteroatoms. The van der Waals surface area contributed by atoms with Crippen molar-refractivity contribution in [2.45, 2.75) is 51.2 Å². The molecule has 0 aliphatic heterocycles. The molecule has 0 bridgehead atoms. The zero-order chi connectivity index (χ0) is 14.1. The molecule has 1 amide bonds. The fourth-order valence-electron chi connectivity index (χ4n) is 2.50. The Morgan fingerprint density at radius 3 is 2.90 bits per heavy atom. The minimum atomic E-state index is -0.507. The van der Waals surface area contributed by atoms with Gasteiger partial charge in [0.25, 0.3) is 5.91 Å². The molecule has 0 aromatic heterocycles. The van der Waals surface area contributed by atoms with E-state index in [1.165, 1.54) is 0 Å². The van der Waals surface area contributed by atoms with Crippen LogP contribution in [0.1, 0.15) is 48.5 Å². The molecule has 0 radical (unpaired) electrons. The minimum Gasteiger partial charge on any atom is -0.481 e. The second-order valence-electron chi connectivity index (χ2n) is 5.64. The van der Waals surface area contributed by atoms with Crippen LogP contribution in [-0.2, 0) is 11.2 Å². The van der Waals surface area contributed by atoms with Crippen molar-refractivity contribution < 1.29 is 14.3 Å². The van der Waals surface area contributed by atoms with E-state index in [4.69, 9.17) is 4.74 Å². The van der Waals surface area contributed by atoms with Gasteiger partial charge in [-0.3, -0.25) is 9.59 Å². The van der Waals surface area contributed by atoms with E-state index in [0.717, 1.165) is 36.8 Å². The lowest BCUT2D eigenvalue weighted by molar-refractivity contribution is -0.127. The Labute approximate surface area is 118 Å². The zero-order valence-corrected chi connectivity index (χ0v) is 11.6. The van der Waals surface area contributed by atoms with Gasteiger partial charge in [0.1, 0.15) is 5.75 Å². The molecular weight excluding hydrogens is 254 g/mol. The molecule has 4 nitrogen and oxygen atoms in total. The maximum Gasteiger partial charge on any atom is 0.260 e. The highest BCUT2D eigenvalue weighted by atomic mass is 16.5. The molecule has 0 spiro atoms. The largest absolute Gasteiger partial charge is 0.481 e. The topological polar surface area (TPSA) is 55.4 Å². The van der Waals surface area contributed by atoms with E-state index in [1.54, 1.807) is 13.0 Å². The van der Waals surface area contributed by atoms with Crippen LogP contribution in [0, 0.1) is 0 Å². The summed E-state index contributed by atoms with van der Waals surface area (Å²) in [6.07, 6.45) is 4.06. The number of benzene rings is 1. The summed E-state index contributed by atoms with van der Waals surface area (Å²) >= 11 is 0. The van der Waals surface area contributed by atoms with Crippen molar-refractivity contribution in [2.24, 2.45) is 0 Å². The SMILES string of the molecule is C[C@@H](Oc1ccc2c(c1)CCCC2=O)C(=O)NC1CC1. The van der Waals surface area contributed by atoms with Crippen molar-refractivity contribution in [1.29, 1.82) is 0 Å². The maximum atomic E-state index is 11.8. The Morgan fingerprint density at radius 2 is 2.15 bits per heavy atom. The Morgan fingerprint density at radius 1 is 1.35 bits per heavy atom. The number of carbonyl (C=O) groups is 2. The number of hydrogen-bond donors (Lipinski definition) is 1. The van der Waals surface area contributed by atoms with Gasteiger partial charge in [0.2, 0.25) is 0 Å². The summed E-state index contributed by atoms with van der Waals surface area (Å²) < 4.78 is 5.68. The van der Waals surface area contributed by atoms with Crippen molar-refractivity contribution in [3.05, 3.63) is 29.3 Å². The summed E-state index contributed by atoms with van der Waals surface area (Å²) in [5.41, 5.74) is 1.84. The molecule has 1 saturated carbocycles. The number of fused-ring (bicyclic) bond motifs is 1. The second kappa shape index (κ2) is 5.27. The number of rotatable bonds is 4. The highest BCUT2D eigenvalue weighted by molar-refractivity contribution is 5.98. The van der Waals surface area contributed by atoms with Gasteiger partial charge in [-0.2, -0.15) is 0 Å². The monoisotopic (exact) mass is 273 g/mol. The Bertz CT molecular complexity index is 549. The summed E-state index contributed by atoms with van der Waals surface area (Å²) in [5.74, 6) is 0.801. The third-order valence-electron chi connectivity index (χ3n) is 3.83. The summed E-state index contributed by atoms with van der Waals surface area (Å²) in [4.78, 5) is 23.6. The predicted octanol–water partition coefficient (Wildman–Crippen LogP) is 2.25. The van der Waals surface area contributed by atoms with Crippen molar-refractivity contribution in [1.82, 2.24) is 5.32 Å². The smallest absolute Gasteiger partial charge is 0.260 e. The van der Waals surface area contributed by atoms with Crippen molar-refractivity contribution in [2.75, 3.05) is 0 Å². The van der Waals surface area contributed by atoms with Crippen LogP contribution in [0.2, 0.25) is 0 Å². The first-order valence-electron chi connectivity index (χ1n) is 7.26. The highest BCUT2D eigenvalue weighted by Gasteiger charge is 2.26. The van der Waals surface area contributed by atoms with Crippen LogP contribution in [-0.4, -0.2) is 23.8 Å². The van der Waals surface area contributed by atoms with Crippen LogP contribution in [0.5, 0.6) is 5.75 Å². The Kier molecular flexibility index (Phi) is 3.47. The maximum absolute atomic E-state index is 11.8. The van der Waals surface area contributed by atoms with Crippen LogP contribution in [0.25, 0.3) is 0 Å². The molecule has 2 aliphatic carbocycles. The Balaban J connectivity index is 1.67. The van der Waals surface area contributed by atoms with Gasteiger partial charge in [0, 0.05) is 18.0 Å². The number of aryl methyl sites for hydroxylation is 1. The van der Waals surface area contributed by atoms with Gasteiger partial charge in [-0.05, 0) is 56.4 Å². The molecule has 1 aromatic carbocycles. The zero-order valence-electron chi connectivity index (χ0n) is 11.6. The summed E-state index contributed by atoms with van der Waals surface area (Å²) in [5, 5.41) is 2.93. The molecule has 20 heavy (non-hydrogen) atoms. The molecular formula is C16H19NO3. The first-order valence-corrected chi connectivity index (χ1v) is 7.26. The van der Waals surface area contributed by atoms with E-state index in [2.05, 4.69) is 5.32 Å². The number of carbonyl (C=O) groups excluding carboxylic acids is 2. The first-order chi connectivity index (χ1) is 9.63. The lowest BCUT2D eigenvalue weighted by atomic mass is 9.90. The summed E-state index contributed by atoms with van der Waals surface area (Å²) in [6.45, 7) is 1.75. The van der Waals surface area contributed by atoms with E-state index in [9.17, 15) is 9.59 Å². The molecule has 1 fully saturated rings. The van der Waals surface area contributed by atoms with Crippen molar-refractivity contribution in [3.63, 3.8) is 0 Å². The number of Topliss-reactive ketones (excluding diaryl/α,β-unsaturated/α-hetero) is 1. The normalized spacial score (nSPS) is 19.1. The lowest BCUT2D eigenvalue weighted by Crippen LogP contribution is -2.37. The summed E-state index contributed by atoms with van der Waals surface area (Å²) in [6, 6.07) is 5.84. The van der Waals surface area contributed by atoms with Crippen LogP contribution >= 0.6 is 0 Å². The molecule has 2 aliphatic rings. The van der Waals surface area contributed by atoms with Crippen molar-refractivity contribution >= 4 is 11.7 Å². The van der Waals surface area contributed by atoms with Crippen LogP contribution < -0.4 is 10.1 Å². The van der Waals surface area contributed by atoms with Gasteiger partial charge in [-0.25, -0.2) is 0 Å². The minimum absolute atomic E-state index is 0.0682. The second-order valence-corrected chi connectivity index (χ2v) is 5.64. The molecule has 3 rings (SSSR count). The number of ketones is 1. The van der Waals surface area contributed by atoms with E-state index in [0.29, 0.717) is 18.2 Å². The quantitative estimate of drug-likeness (QED) is 0.915. The number of amides is 1. The van der Waals surface area contributed by atoms with Crippen LogP contribution in [0.4, 0.5) is 0 Å². The standard InChI is InChI=1S/C16H19NO3/c1-10(16(19)17-12-5-6-12)20-13-7-8-14-11(9-13)3-2-4-15(14)18/h7-10,12H,2-6H2,1H3,(H,17,19)/t10-/m1/s1. The lowest BCUT2D eigenvalue weighted by Gasteiger charge is -2.18. The Hall–Kier alpha value is -1.84. The van der Waals surface area contributed by atoms with Gasteiger partial charge < -0.3 is 10.1 Å². The fraction of sp³-hybridized carbons (Fsp3) is 0.500. The van der Waals surface area contributed by atoms with Gasteiger partial charge in [0.15, 0.2) is 11.9 Å². The molecule has 1 aromatic rings. The van der Waals surface area contributed by atoms with Crippen LogP contribution in [0.3, 0.4) is 0 Å². The first kappa shape index (κ1) is 13.2. The van der Waals surface area contributed by atoms with E-state index >= 15 is 0 Å². The van der Waals surface area contributed by atoms with Gasteiger partial charge in [-0.1, -0.05) is 0 Å². The molecule has 0 unspecified atom stereocenters. The van der Waals surface area contributed by atoms with Gasteiger partial charge in [0.05, 0.1) is 0 Å². The van der Waals surface area contributed by atoms with Gasteiger partial charge >= 0.3 is 0 Å².